The molecule has 0 saturated carbocycles. The Kier molecular flexibility index (Phi) is 5.51. The number of nitrogens with one attached hydrogen (secondary N) is 1. The van der Waals surface area contributed by atoms with E-state index in [9.17, 15) is 14.4 Å². The number of anilines is 1. The number of imide groups is 2. The Balaban J connectivity index is 1.57. The molecule has 1 aliphatic heterocycles. The topological polar surface area (TPSA) is 71.4 Å². The first kappa shape index (κ1) is 21.7. The fraction of sp³-hybridized carbons (Fsp3) is 0.0741. The van der Waals surface area contributed by atoms with Crippen molar-refractivity contribution in [2.24, 2.45) is 0 Å². The molecule has 4 amide bonds. The lowest BCUT2D eigenvalue weighted by molar-refractivity contribution is -0.122. The van der Waals surface area contributed by atoms with Crippen molar-refractivity contribution in [1.29, 1.82) is 0 Å². The Bertz CT molecular complexity index is 1500. The third-order valence-electron chi connectivity index (χ3n) is 5.72. The number of halogens is 1. The summed E-state index contributed by atoms with van der Waals surface area (Å²) in [6.07, 6.45) is 3.46. The van der Waals surface area contributed by atoms with Gasteiger partial charge in [-0.3, -0.25) is 14.9 Å². The van der Waals surface area contributed by atoms with Crippen LogP contribution in [0.4, 0.5) is 10.5 Å². The van der Waals surface area contributed by atoms with E-state index < -0.39 is 17.8 Å². The first-order valence-corrected chi connectivity index (χ1v) is 11.1. The van der Waals surface area contributed by atoms with Crippen LogP contribution in [-0.2, 0) is 16.1 Å². The third-order valence-corrected chi connectivity index (χ3v) is 5.96. The van der Waals surface area contributed by atoms with Crippen molar-refractivity contribution in [3.8, 4) is 0 Å². The monoisotopic (exact) mass is 469 g/mol. The van der Waals surface area contributed by atoms with Crippen molar-refractivity contribution >= 4 is 52.1 Å². The van der Waals surface area contributed by atoms with E-state index in [-0.39, 0.29) is 11.3 Å². The first-order chi connectivity index (χ1) is 16.4. The molecule has 6 nitrogen and oxygen atoms in total. The van der Waals surface area contributed by atoms with E-state index in [4.69, 9.17) is 11.6 Å². The molecule has 1 aliphatic rings. The molecule has 0 bridgehead atoms. The number of nitrogens with zero attached hydrogens (tertiary/aromatic N) is 2. The van der Waals surface area contributed by atoms with Gasteiger partial charge in [0.05, 0.1) is 5.69 Å². The van der Waals surface area contributed by atoms with Gasteiger partial charge in [0, 0.05) is 34.2 Å². The molecule has 168 valence electrons. The smallest absolute Gasteiger partial charge is 0.335 e. The lowest BCUT2D eigenvalue weighted by atomic mass is 10.1. The minimum absolute atomic E-state index is 0.127. The molecule has 1 aromatic heterocycles. The summed E-state index contributed by atoms with van der Waals surface area (Å²) in [4.78, 5) is 39.3. The van der Waals surface area contributed by atoms with Gasteiger partial charge in [-0.2, -0.15) is 0 Å². The number of urea groups is 1. The highest BCUT2D eigenvalue weighted by Gasteiger charge is 2.37. The van der Waals surface area contributed by atoms with Crippen LogP contribution in [0, 0.1) is 6.92 Å². The Morgan fingerprint density at radius 1 is 0.941 bits per heavy atom. The number of para-hydroxylation sites is 1. The van der Waals surface area contributed by atoms with E-state index in [1.165, 1.54) is 17.7 Å². The molecular formula is C27H20ClN3O3. The molecule has 1 saturated heterocycles. The van der Waals surface area contributed by atoms with E-state index in [0.29, 0.717) is 17.1 Å². The van der Waals surface area contributed by atoms with Gasteiger partial charge in [0.2, 0.25) is 0 Å². The molecule has 1 fully saturated rings. The molecule has 2 heterocycles. The number of aromatic nitrogens is 1. The lowest BCUT2D eigenvalue weighted by Gasteiger charge is -2.26. The Hall–Kier alpha value is -4.16. The first-order valence-electron chi connectivity index (χ1n) is 10.7. The minimum Gasteiger partial charge on any atom is -0.342 e. The predicted molar refractivity (Wildman–Crippen MR) is 133 cm³/mol. The van der Waals surface area contributed by atoms with Gasteiger partial charge < -0.3 is 4.57 Å². The highest BCUT2D eigenvalue weighted by molar-refractivity contribution is 6.39. The molecule has 34 heavy (non-hydrogen) atoms. The molecule has 7 heteroatoms. The predicted octanol–water partition coefficient (Wildman–Crippen LogP) is 5.32. The fourth-order valence-electron chi connectivity index (χ4n) is 4.19. The molecule has 5 rings (SSSR count). The molecule has 3 aromatic carbocycles. The normalized spacial score (nSPS) is 15.3. The fourth-order valence-corrected chi connectivity index (χ4v) is 4.38. The molecule has 4 aromatic rings. The van der Waals surface area contributed by atoms with Crippen molar-refractivity contribution < 1.29 is 14.4 Å². The Morgan fingerprint density at radius 3 is 2.53 bits per heavy atom. The van der Waals surface area contributed by atoms with Gasteiger partial charge in [-0.1, -0.05) is 65.7 Å². The zero-order valence-electron chi connectivity index (χ0n) is 18.3. The number of hydrogen-bond donors (Lipinski definition) is 1. The van der Waals surface area contributed by atoms with Gasteiger partial charge >= 0.3 is 6.03 Å². The Labute approximate surface area is 201 Å². The number of fused-ring (bicyclic) bond motifs is 1. The summed E-state index contributed by atoms with van der Waals surface area (Å²) < 4.78 is 2.08. The number of aryl methyl sites for hydroxylation is 1. The van der Waals surface area contributed by atoms with E-state index in [1.807, 2.05) is 49.5 Å². The summed E-state index contributed by atoms with van der Waals surface area (Å²) >= 11 is 6.04. The van der Waals surface area contributed by atoms with E-state index >= 15 is 0 Å². The van der Waals surface area contributed by atoms with Crippen molar-refractivity contribution in [2.45, 2.75) is 13.5 Å². The maximum Gasteiger partial charge on any atom is 0.335 e. The molecule has 0 aliphatic carbocycles. The second-order valence-electron chi connectivity index (χ2n) is 8.16. The highest BCUT2D eigenvalue weighted by Crippen LogP contribution is 2.28. The molecule has 0 spiro atoms. The van der Waals surface area contributed by atoms with Crippen LogP contribution in [0.1, 0.15) is 16.7 Å². The average Bonchev–Trinajstić information content (AvgIpc) is 3.14. The van der Waals surface area contributed by atoms with E-state index in [1.54, 1.807) is 18.2 Å². The van der Waals surface area contributed by atoms with Gasteiger partial charge in [0.1, 0.15) is 5.57 Å². The number of hydrogen-bond acceptors (Lipinski definition) is 3. The summed E-state index contributed by atoms with van der Waals surface area (Å²) in [6, 6.07) is 21.6. The Morgan fingerprint density at radius 2 is 1.74 bits per heavy atom. The van der Waals surface area contributed by atoms with Gasteiger partial charge in [0.15, 0.2) is 0 Å². The van der Waals surface area contributed by atoms with Crippen LogP contribution in [-0.4, -0.2) is 22.4 Å². The van der Waals surface area contributed by atoms with Crippen LogP contribution in [0.3, 0.4) is 0 Å². The van der Waals surface area contributed by atoms with Crippen molar-refractivity contribution in [3.63, 3.8) is 0 Å². The van der Waals surface area contributed by atoms with Crippen LogP contribution in [0.5, 0.6) is 0 Å². The molecule has 0 unspecified atom stereocenters. The van der Waals surface area contributed by atoms with E-state index in [0.717, 1.165) is 21.4 Å². The van der Waals surface area contributed by atoms with Crippen molar-refractivity contribution in [3.05, 3.63) is 106 Å². The maximum atomic E-state index is 13.3. The van der Waals surface area contributed by atoms with Gasteiger partial charge in [-0.15, -0.1) is 0 Å². The summed E-state index contributed by atoms with van der Waals surface area (Å²) in [7, 11) is 0. The van der Waals surface area contributed by atoms with Crippen LogP contribution in [0.2, 0.25) is 5.02 Å². The summed E-state index contributed by atoms with van der Waals surface area (Å²) in [5, 5.41) is 3.53. The summed E-state index contributed by atoms with van der Waals surface area (Å²) in [6.45, 7) is 2.69. The SMILES string of the molecule is Cc1cccc(Cn2cc(/C=C3\C(=O)NC(=O)N(c4cccc(Cl)c4)C3=O)c3ccccc32)c1. The van der Waals surface area contributed by atoms with E-state index in [2.05, 4.69) is 22.0 Å². The van der Waals surface area contributed by atoms with Crippen molar-refractivity contribution in [1.82, 2.24) is 9.88 Å². The largest absolute Gasteiger partial charge is 0.342 e. The molecule has 0 atom stereocenters. The number of carbonyl (C=O) groups excluding carboxylic acids is 3. The van der Waals surface area contributed by atoms with Gasteiger partial charge in [-0.05, 0) is 42.8 Å². The van der Waals surface area contributed by atoms with Crippen LogP contribution < -0.4 is 10.2 Å². The second-order valence-corrected chi connectivity index (χ2v) is 8.59. The molecule has 0 radical (unpaired) electrons. The van der Waals surface area contributed by atoms with Gasteiger partial charge in [-0.25, -0.2) is 9.69 Å². The lowest BCUT2D eigenvalue weighted by Crippen LogP contribution is -2.54. The molecule has 1 N–H and O–H groups in total. The summed E-state index contributed by atoms with van der Waals surface area (Å²) in [5.41, 5.74) is 4.16. The van der Waals surface area contributed by atoms with Crippen LogP contribution in [0.15, 0.2) is 84.6 Å². The third kappa shape index (κ3) is 4.00. The van der Waals surface area contributed by atoms with Gasteiger partial charge in [0.25, 0.3) is 11.8 Å². The average molecular weight is 470 g/mol. The van der Waals surface area contributed by atoms with Crippen molar-refractivity contribution in [2.75, 3.05) is 4.90 Å². The quantitative estimate of drug-likeness (QED) is 0.325. The minimum atomic E-state index is -0.809. The second kappa shape index (κ2) is 8.65. The number of rotatable bonds is 4. The molecular weight excluding hydrogens is 450 g/mol. The maximum absolute atomic E-state index is 13.3. The zero-order valence-corrected chi connectivity index (χ0v) is 19.0. The zero-order chi connectivity index (χ0) is 23.8. The standard InChI is InChI=1S/C27H20ClN3O3/c1-17-6-4-7-18(12-17)15-30-16-19(22-10-2-3-11-24(22)30)13-23-25(32)29-27(34)31(26(23)33)21-9-5-8-20(28)14-21/h2-14,16H,15H2,1H3,(H,29,32,34)/b23-13+. The highest BCUT2D eigenvalue weighted by atomic mass is 35.5. The van der Waals surface area contributed by atoms with Crippen LogP contribution in [0.25, 0.3) is 17.0 Å². The number of carbonyl (C=O) groups is 3. The number of benzene rings is 3. The number of barbiturate groups is 1. The van der Waals surface area contributed by atoms with Crippen LogP contribution >= 0.6 is 11.6 Å². The summed E-state index contributed by atoms with van der Waals surface area (Å²) in [5.74, 6) is -1.43. The number of amides is 4.